The highest BCUT2D eigenvalue weighted by molar-refractivity contribution is 7.92. The zero-order chi connectivity index (χ0) is 27.2. The summed E-state index contributed by atoms with van der Waals surface area (Å²) in [6, 6.07) is 10.7. The van der Waals surface area contributed by atoms with Gasteiger partial charge < -0.3 is 14.4 Å². The standard InChI is InChI=1S/C25H20F6N2O4S/c26-18-8-16(9-20(12-18)37-24(27)28)15-4-5-22-23(10-15)33(13-19-14-36-7-6-32(19)22)38(34,35)21-3-1-2-17(11-21)25(29,30)31/h1-5,8-12,19,24H,6-7,13-14H2/t19-/m1/s1. The Labute approximate surface area is 214 Å². The molecular weight excluding hydrogens is 538 g/mol. The molecule has 0 saturated carbocycles. The number of hydrogen-bond donors (Lipinski definition) is 0. The molecular formula is C25H20F6N2O4S. The first kappa shape index (κ1) is 26.2. The van der Waals surface area contributed by atoms with Gasteiger partial charge in [0, 0.05) is 12.6 Å². The summed E-state index contributed by atoms with van der Waals surface area (Å²) in [6.07, 6.45) is -4.75. The normalized spacial score (nSPS) is 17.8. The molecule has 202 valence electrons. The molecule has 2 aliphatic heterocycles. The number of ether oxygens (including phenoxy) is 2. The molecule has 0 aliphatic carbocycles. The molecule has 0 bridgehead atoms. The highest BCUT2D eigenvalue weighted by Gasteiger charge is 2.40. The zero-order valence-corrected chi connectivity index (χ0v) is 20.3. The zero-order valence-electron chi connectivity index (χ0n) is 19.5. The van der Waals surface area contributed by atoms with E-state index in [0.29, 0.717) is 30.5 Å². The molecule has 0 spiro atoms. The number of nitrogens with zero attached hydrogens (tertiary/aromatic N) is 2. The number of halogens is 6. The number of fused-ring (bicyclic) bond motifs is 3. The molecule has 38 heavy (non-hydrogen) atoms. The summed E-state index contributed by atoms with van der Waals surface area (Å²) in [4.78, 5) is 1.39. The van der Waals surface area contributed by atoms with Crippen LogP contribution in [0.1, 0.15) is 5.56 Å². The number of anilines is 2. The first-order chi connectivity index (χ1) is 17.9. The van der Waals surface area contributed by atoms with Crippen LogP contribution in [0, 0.1) is 5.82 Å². The van der Waals surface area contributed by atoms with Gasteiger partial charge in [-0.05, 0) is 53.6 Å². The van der Waals surface area contributed by atoms with E-state index in [-0.39, 0.29) is 24.4 Å². The lowest BCUT2D eigenvalue weighted by Gasteiger charge is -2.46. The molecule has 0 amide bonds. The van der Waals surface area contributed by atoms with Crippen LogP contribution < -0.4 is 13.9 Å². The van der Waals surface area contributed by atoms with Crippen LogP contribution in [0.5, 0.6) is 5.75 Å². The molecule has 5 rings (SSSR count). The molecule has 0 N–H and O–H groups in total. The molecule has 0 unspecified atom stereocenters. The SMILES string of the molecule is O=S(=O)(c1cccc(C(F)(F)F)c1)N1C[C@@H]2COCCN2c2ccc(-c3cc(F)cc(OC(F)F)c3)cc21. The van der Waals surface area contributed by atoms with Crippen LogP contribution in [0.4, 0.5) is 37.7 Å². The molecule has 6 nitrogen and oxygen atoms in total. The van der Waals surface area contributed by atoms with E-state index in [0.717, 1.165) is 34.6 Å². The molecule has 1 atom stereocenters. The molecule has 0 radical (unpaired) electrons. The van der Waals surface area contributed by atoms with Gasteiger partial charge in [0.05, 0.1) is 47.6 Å². The van der Waals surface area contributed by atoms with Crippen LogP contribution in [0.15, 0.2) is 65.6 Å². The topological polar surface area (TPSA) is 59.1 Å². The molecule has 0 aromatic heterocycles. The van der Waals surface area contributed by atoms with Crippen LogP contribution in [0.25, 0.3) is 11.1 Å². The molecule has 2 heterocycles. The highest BCUT2D eigenvalue weighted by atomic mass is 32.2. The van der Waals surface area contributed by atoms with Crippen molar-refractivity contribution < 1.29 is 44.2 Å². The van der Waals surface area contributed by atoms with Gasteiger partial charge in [0.2, 0.25) is 0 Å². The first-order valence-corrected chi connectivity index (χ1v) is 12.8. The van der Waals surface area contributed by atoms with Crippen LogP contribution in [0.2, 0.25) is 0 Å². The molecule has 13 heteroatoms. The minimum atomic E-state index is -4.75. The first-order valence-electron chi connectivity index (χ1n) is 11.4. The number of benzene rings is 3. The Morgan fingerprint density at radius 1 is 0.974 bits per heavy atom. The monoisotopic (exact) mass is 558 g/mol. The average molecular weight is 559 g/mol. The van der Waals surface area contributed by atoms with E-state index in [1.54, 1.807) is 12.1 Å². The molecule has 3 aromatic carbocycles. The van der Waals surface area contributed by atoms with Crippen molar-refractivity contribution in [1.82, 2.24) is 0 Å². The minimum absolute atomic E-state index is 0.113. The van der Waals surface area contributed by atoms with Gasteiger partial charge in [0.1, 0.15) is 11.6 Å². The molecule has 1 fully saturated rings. The Bertz CT molecular complexity index is 1460. The number of hydrogen-bond acceptors (Lipinski definition) is 5. The maximum atomic E-state index is 14.2. The molecule has 3 aromatic rings. The lowest BCUT2D eigenvalue weighted by Crippen LogP contribution is -2.56. The predicted molar refractivity (Wildman–Crippen MR) is 126 cm³/mol. The summed E-state index contributed by atoms with van der Waals surface area (Å²) in [6.45, 7) is -2.26. The van der Waals surface area contributed by atoms with Crippen molar-refractivity contribution in [3.8, 4) is 16.9 Å². The largest absolute Gasteiger partial charge is 0.435 e. The smallest absolute Gasteiger partial charge is 0.416 e. The van der Waals surface area contributed by atoms with Gasteiger partial charge in [0.15, 0.2) is 0 Å². The summed E-state index contributed by atoms with van der Waals surface area (Å²) in [5.41, 5.74) is -0.0382. The van der Waals surface area contributed by atoms with E-state index in [4.69, 9.17) is 4.74 Å². The summed E-state index contributed by atoms with van der Waals surface area (Å²) in [7, 11) is -4.49. The van der Waals surface area contributed by atoms with E-state index in [9.17, 15) is 34.8 Å². The number of sulfonamides is 1. The average Bonchev–Trinajstić information content (AvgIpc) is 2.86. The second kappa shape index (κ2) is 9.70. The fourth-order valence-electron chi connectivity index (χ4n) is 4.65. The van der Waals surface area contributed by atoms with Crippen molar-refractivity contribution in [2.75, 3.05) is 35.5 Å². The highest BCUT2D eigenvalue weighted by Crippen LogP contribution is 2.43. The summed E-state index contributed by atoms with van der Waals surface area (Å²) in [5.74, 6) is -1.27. The van der Waals surface area contributed by atoms with Crippen molar-refractivity contribution in [2.45, 2.75) is 23.7 Å². The Hall–Kier alpha value is -3.45. The number of alkyl halides is 5. The third-order valence-corrected chi connectivity index (χ3v) is 8.11. The fourth-order valence-corrected chi connectivity index (χ4v) is 6.20. The Kier molecular flexibility index (Phi) is 6.68. The Morgan fingerprint density at radius 3 is 2.50 bits per heavy atom. The fraction of sp³-hybridized carbons (Fsp3) is 0.280. The summed E-state index contributed by atoms with van der Waals surface area (Å²) in [5, 5.41) is 0. The van der Waals surface area contributed by atoms with E-state index >= 15 is 0 Å². The van der Waals surface area contributed by atoms with Crippen molar-refractivity contribution in [2.24, 2.45) is 0 Å². The van der Waals surface area contributed by atoms with Gasteiger partial charge in [-0.1, -0.05) is 12.1 Å². The summed E-state index contributed by atoms with van der Waals surface area (Å²) < 4.78 is 118. The van der Waals surface area contributed by atoms with E-state index < -0.39 is 50.9 Å². The van der Waals surface area contributed by atoms with Crippen molar-refractivity contribution in [3.63, 3.8) is 0 Å². The van der Waals surface area contributed by atoms with Crippen molar-refractivity contribution in [1.29, 1.82) is 0 Å². The third kappa shape index (κ3) is 4.99. The van der Waals surface area contributed by atoms with Gasteiger partial charge >= 0.3 is 12.8 Å². The van der Waals surface area contributed by atoms with Crippen LogP contribution >= 0.6 is 0 Å². The van der Waals surface area contributed by atoms with Gasteiger partial charge in [-0.15, -0.1) is 0 Å². The van der Waals surface area contributed by atoms with Gasteiger partial charge in [-0.25, -0.2) is 12.8 Å². The predicted octanol–water partition coefficient (Wildman–Crippen LogP) is 5.53. The number of rotatable bonds is 5. The summed E-state index contributed by atoms with van der Waals surface area (Å²) >= 11 is 0. The van der Waals surface area contributed by atoms with E-state index in [1.807, 2.05) is 4.90 Å². The van der Waals surface area contributed by atoms with Gasteiger partial charge in [0.25, 0.3) is 10.0 Å². The van der Waals surface area contributed by atoms with E-state index in [1.165, 1.54) is 12.1 Å². The lowest BCUT2D eigenvalue weighted by atomic mass is 10.0. The van der Waals surface area contributed by atoms with Crippen molar-refractivity contribution >= 4 is 21.4 Å². The lowest BCUT2D eigenvalue weighted by molar-refractivity contribution is -0.137. The van der Waals surface area contributed by atoms with Gasteiger partial charge in [-0.2, -0.15) is 22.0 Å². The second-order valence-corrected chi connectivity index (χ2v) is 10.6. The van der Waals surface area contributed by atoms with Crippen molar-refractivity contribution in [3.05, 3.63) is 72.0 Å². The minimum Gasteiger partial charge on any atom is -0.435 e. The Balaban J connectivity index is 1.63. The quantitative estimate of drug-likeness (QED) is 0.386. The number of morpholine rings is 1. The maximum absolute atomic E-state index is 14.2. The Morgan fingerprint density at radius 2 is 1.76 bits per heavy atom. The second-order valence-electron chi connectivity index (χ2n) is 8.74. The van der Waals surface area contributed by atoms with Crippen LogP contribution in [-0.4, -0.2) is 47.4 Å². The van der Waals surface area contributed by atoms with Crippen LogP contribution in [0.3, 0.4) is 0 Å². The maximum Gasteiger partial charge on any atom is 0.416 e. The van der Waals surface area contributed by atoms with E-state index in [2.05, 4.69) is 4.74 Å². The molecule has 2 aliphatic rings. The third-order valence-electron chi connectivity index (χ3n) is 6.34. The van der Waals surface area contributed by atoms with Crippen LogP contribution in [-0.2, 0) is 20.9 Å². The molecule has 1 saturated heterocycles. The van der Waals surface area contributed by atoms with Gasteiger partial charge in [-0.3, -0.25) is 4.31 Å².